The normalized spacial score (nSPS) is 28.5. The van der Waals surface area contributed by atoms with Gasteiger partial charge in [-0.2, -0.15) is 0 Å². The number of piperidine rings is 1. The van der Waals surface area contributed by atoms with E-state index >= 15 is 0 Å². The summed E-state index contributed by atoms with van der Waals surface area (Å²) in [5.41, 5.74) is 0. The summed E-state index contributed by atoms with van der Waals surface area (Å²) in [4.78, 5) is 41.7. The van der Waals surface area contributed by atoms with Gasteiger partial charge < -0.3 is 19.8 Å². The highest BCUT2D eigenvalue weighted by Crippen LogP contribution is 2.28. The van der Waals surface area contributed by atoms with Gasteiger partial charge in [0.1, 0.15) is 0 Å². The molecule has 134 valence electrons. The molecule has 7 nitrogen and oxygen atoms in total. The Hall–Kier alpha value is -1.79. The van der Waals surface area contributed by atoms with E-state index in [0.717, 1.165) is 25.9 Å². The number of hydrogen-bond donors (Lipinski definition) is 1. The Morgan fingerprint density at radius 3 is 2.00 bits per heavy atom. The van der Waals surface area contributed by atoms with Crippen molar-refractivity contribution in [1.29, 1.82) is 0 Å². The van der Waals surface area contributed by atoms with Crippen molar-refractivity contribution in [3.8, 4) is 0 Å². The number of rotatable bonds is 2. The number of aliphatic carboxylic acids is 1. The van der Waals surface area contributed by atoms with Crippen LogP contribution in [0.2, 0.25) is 0 Å². The SMILES string of the molecule is C[C@@H]1CN(C(=O)C2CCN(C(=O)N3CCCC3)CC2)C[C@H]1C(=O)O. The van der Waals surface area contributed by atoms with Gasteiger partial charge in [-0.15, -0.1) is 0 Å². The average Bonchev–Trinajstić information content (AvgIpc) is 3.23. The first-order valence-electron chi connectivity index (χ1n) is 9.03. The van der Waals surface area contributed by atoms with Crippen molar-refractivity contribution in [3.05, 3.63) is 0 Å². The third kappa shape index (κ3) is 3.35. The van der Waals surface area contributed by atoms with Crippen LogP contribution in [-0.4, -0.2) is 77.0 Å². The molecule has 0 bridgehead atoms. The van der Waals surface area contributed by atoms with Crippen molar-refractivity contribution >= 4 is 17.9 Å². The van der Waals surface area contributed by atoms with Crippen LogP contribution in [0.5, 0.6) is 0 Å². The van der Waals surface area contributed by atoms with E-state index in [9.17, 15) is 19.5 Å². The van der Waals surface area contributed by atoms with Gasteiger partial charge >= 0.3 is 12.0 Å². The molecule has 24 heavy (non-hydrogen) atoms. The second-order valence-corrected chi connectivity index (χ2v) is 7.40. The van der Waals surface area contributed by atoms with Gasteiger partial charge in [-0.25, -0.2) is 4.79 Å². The van der Waals surface area contributed by atoms with Crippen LogP contribution in [0.15, 0.2) is 0 Å². The summed E-state index contributed by atoms with van der Waals surface area (Å²) in [7, 11) is 0. The Labute approximate surface area is 142 Å². The Bertz CT molecular complexity index is 510. The molecule has 3 amide bonds. The zero-order valence-electron chi connectivity index (χ0n) is 14.3. The molecule has 1 N–H and O–H groups in total. The van der Waals surface area contributed by atoms with Crippen LogP contribution in [0.4, 0.5) is 4.79 Å². The van der Waals surface area contributed by atoms with Gasteiger partial charge in [0.15, 0.2) is 0 Å². The monoisotopic (exact) mass is 337 g/mol. The molecule has 0 radical (unpaired) electrons. The van der Waals surface area contributed by atoms with Crippen LogP contribution in [0.25, 0.3) is 0 Å². The lowest BCUT2D eigenvalue weighted by molar-refractivity contribution is -0.142. The van der Waals surface area contributed by atoms with Crippen LogP contribution < -0.4 is 0 Å². The average molecular weight is 337 g/mol. The number of carboxylic acid groups (broad SMARTS) is 1. The Balaban J connectivity index is 1.50. The number of hydrogen-bond acceptors (Lipinski definition) is 3. The molecule has 7 heteroatoms. The Kier molecular flexibility index (Phi) is 4.96. The number of carbonyl (C=O) groups is 3. The fourth-order valence-electron chi connectivity index (χ4n) is 4.15. The second-order valence-electron chi connectivity index (χ2n) is 7.40. The Morgan fingerprint density at radius 1 is 0.875 bits per heavy atom. The van der Waals surface area contributed by atoms with Gasteiger partial charge in [-0.3, -0.25) is 9.59 Å². The lowest BCUT2D eigenvalue weighted by Gasteiger charge is -2.35. The topological polar surface area (TPSA) is 81.2 Å². The van der Waals surface area contributed by atoms with Crippen LogP contribution in [0.1, 0.15) is 32.6 Å². The number of carboxylic acids is 1. The molecule has 2 atom stereocenters. The van der Waals surface area contributed by atoms with Gasteiger partial charge in [0.25, 0.3) is 0 Å². The molecule has 3 saturated heterocycles. The summed E-state index contributed by atoms with van der Waals surface area (Å²) in [5, 5.41) is 9.21. The smallest absolute Gasteiger partial charge is 0.319 e. The molecular formula is C17H27N3O4. The summed E-state index contributed by atoms with van der Waals surface area (Å²) in [5.74, 6) is -1.27. The van der Waals surface area contributed by atoms with E-state index in [1.54, 1.807) is 4.90 Å². The molecule has 0 aliphatic carbocycles. The molecule has 0 aromatic heterocycles. The third-order valence-electron chi connectivity index (χ3n) is 5.73. The van der Waals surface area contributed by atoms with Crippen molar-refractivity contribution in [2.75, 3.05) is 39.3 Å². The summed E-state index contributed by atoms with van der Waals surface area (Å²) < 4.78 is 0. The highest BCUT2D eigenvalue weighted by molar-refractivity contribution is 5.81. The second kappa shape index (κ2) is 6.99. The Morgan fingerprint density at radius 2 is 1.46 bits per heavy atom. The van der Waals surface area contributed by atoms with Crippen molar-refractivity contribution < 1.29 is 19.5 Å². The summed E-state index contributed by atoms with van der Waals surface area (Å²) >= 11 is 0. The summed E-state index contributed by atoms with van der Waals surface area (Å²) in [6.45, 7) is 5.68. The van der Waals surface area contributed by atoms with E-state index in [0.29, 0.717) is 39.0 Å². The highest BCUT2D eigenvalue weighted by Gasteiger charge is 2.40. The van der Waals surface area contributed by atoms with Crippen molar-refractivity contribution in [1.82, 2.24) is 14.7 Å². The van der Waals surface area contributed by atoms with Crippen LogP contribution in [-0.2, 0) is 9.59 Å². The van der Waals surface area contributed by atoms with E-state index in [-0.39, 0.29) is 23.8 Å². The van der Waals surface area contributed by atoms with Crippen LogP contribution in [0.3, 0.4) is 0 Å². The highest BCUT2D eigenvalue weighted by atomic mass is 16.4. The standard InChI is InChI=1S/C17H27N3O4/c1-12-10-20(11-14(12)16(22)23)15(21)13-4-8-19(9-5-13)17(24)18-6-2-3-7-18/h12-14H,2-11H2,1H3,(H,22,23)/t12-,14-/m1/s1. The number of amides is 3. The first-order chi connectivity index (χ1) is 11.5. The predicted octanol–water partition coefficient (Wildman–Crippen LogP) is 1.09. The predicted molar refractivity (Wildman–Crippen MR) is 87.4 cm³/mol. The van der Waals surface area contributed by atoms with E-state index in [4.69, 9.17) is 0 Å². The van der Waals surface area contributed by atoms with Crippen molar-refractivity contribution in [3.63, 3.8) is 0 Å². The van der Waals surface area contributed by atoms with Crippen LogP contribution >= 0.6 is 0 Å². The molecule has 0 aromatic carbocycles. The van der Waals surface area contributed by atoms with Crippen molar-refractivity contribution in [2.24, 2.45) is 17.8 Å². The molecule has 3 fully saturated rings. The lowest BCUT2D eigenvalue weighted by Crippen LogP contribution is -2.48. The third-order valence-corrected chi connectivity index (χ3v) is 5.73. The molecule has 0 saturated carbocycles. The number of urea groups is 1. The molecule has 0 aromatic rings. The molecule has 0 unspecified atom stereocenters. The first-order valence-corrected chi connectivity index (χ1v) is 9.03. The van der Waals surface area contributed by atoms with Gasteiger partial charge in [0.05, 0.1) is 5.92 Å². The van der Waals surface area contributed by atoms with E-state index < -0.39 is 11.9 Å². The van der Waals surface area contributed by atoms with Crippen LogP contribution in [0, 0.1) is 17.8 Å². The molecular weight excluding hydrogens is 310 g/mol. The van der Waals surface area contributed by atoms with E-state index in [1.165, 1.54) is 0 Å². The molecule has 3 aliphatic rings. The number of nitrogens with zero attached hydrogens (tertiary/aromatic N) is 3. The van der Waals surface area contributed by atoms with Gasteiger partial charge in [0.2, 0.25) is 5.91 Å². The minimum absolute atomic E-state index is 0.00304. The minimum atomic E-state index is -0.816. The van der Waals surface area contributed by atoms with Gasteiger partial charge in [-0.1, -0.05) is 6.92 Å². The maximum Gasteiger partial charge on any atom is 0.319 e. The van der Waals surface area contributed by atoms with Gasteiger partial charge in [0, 0.05) is 45.2 Å². The first kappa shape index (κ1) is 17.0. The van der Waals surface area contributed by atoms with Crippen molar-refractivity contribution in [2.45, 2.75) is 32.6 Å². The summed E-state index contributed by atoms with van der Waals surface area (Å²) in [6.07, 6.45) is 3.53. The van der Waals surface area contributed by atoms with E-state index in [1.807, 2.05) is 16.7 Å². The minimum Gasteiger partial charge on any atom is -0.481 e. The zero-order chi connectivity index (χ0) is 17.3. The fraction of sp³-hybridized carbons (Fsp3) is 0.824. The zero-order valence-corrected chi connectivity index (χ0v) is 14.3. The largest absolute Gasteiger partial charge is 0.481 e. The van der Waals surface area contributed by atoms with E-state index in [2.05, 4.69) is 0 Å². The quantitative estimate of drug-likeness (QED) is 0.818. The van der Waals surface area contributed by atoms with Gasteiger partial charge in [-0.05, 0) is 31.6 Å². The molecule has 3 rings (SSSR count). The fourth-order valence-corrected chi connectivity index (χ4v) is 4.15. The number of likely N-dealkylation sites (tertiary alicyclic amines) is 3. The molecule has 0 spiro atoms. The number of carbonyl (C=O) groups excluding carboxylic acids is 2. The molecule has 3 aliphatic heterocycles. The summed E-state index contributed by atoms with van der Waals surface area (Å²) in [6, 6.07) is 0.110. The molecule has 3 heterocycles. The lowest BCUT2D eigenvalue weighted by atomic mass is 9.95. The maximum atomic E-state index is 12.7. The maximum absolute atomic E-state index is 12.7.